The normalized spacial score (nSPS) is 36.5. The van der Waals surface area contributed by atoms with Crippen molar-refractivity contribution in [1.82, 2.24) is 4.90 Å². The molecule has 0 aliphatic carbocycles. The monoisotopic (exact) mass is 286 g/mol. The van der Waals surface area contributed by atoms with Gasteiger partial charge in [0.1, 0.15) is 0 Å². The second kappa shape index (κ2) is 6.31. The second-order valence-electron chi connectivity index (χ2n) is 5.99. The van der Waals surface area contributed by atoms with Crippen LogP contribution in [0.25, 0.3) is 0 Å². The molecule has 3 saturated heterocycles. The molecule has 0 aromatic heterocycles. The Balaban J connectivity index is 1.66. The van der Waals surface area contributed by atoms with Crippen molar-refractivity contribution in [3.8, 4) is 0 Å². The number of morpholine rings is 1. The van der Waals surface area contributed by atoms with Gasteiger partial charge in [0.15, 0.2) is 0 Å². The summed E-state index contributed by atoms with van der Waals surface area (Å²) >= 11 is 2.07. The smallest absolute Gasteiger partial charge is 0.0713 e. The maximum absolute atomic E-state index is 6.19. The number of ether oxygens (including phenoxy) is 2. The van der Waals surface area contributed by atoms with Crippen LogP contribution in [-0.2, 0) is 9.47 Å². The van der Waals surface area contributed by atoms with Crippen LogP contribution in [0, 0.1) is 0 Å². The van der Waals surface area contributed by atoms with Crippen LogP contribution < -0.4 is 5.73 Å². The van der Waals surface area contributed by atoms with Gasteiger partial charge < -0.3 is 15.2 Å². The zero-order valence-corrected chi connectivity index (χ0v) is 12.5. The third-order valence-electron chi connectivity index (χ3n) is 4.89. The zero-order chi connectivity index (χ0) is 13.1. The second-order valence-corrected chi connectivity index (χ2v) is 7.22. The Kier molecular flexibility index (Phi) is 4.70. The number of rotatable bonds is 2. The van der Waals surface area contributed by atoms with Crippen molar-refractivity contribution in [3.05, 3.63) is 0 Å². The van der Waals surface area contributed by atoms with Gasteiger partial charge in [0.2, 0.25) is 0 Å². The summed E-state index contributed by atoms with van der Waals surface area (Å²) in [7, 11) is 0. The van der Waals surface area contributed by atoms with Crippen molar-refractivity contribution >= 4 is 11.8 Å². The lowest BCUT2D eigenvalue weighted by atomic mass is 9.84. The van der Waals surface area contributed by atoms with Crippen molar-refractivity contribution in [2.45, 2.75) is 43.4 Å². The standard InChI is InChI=1S/C14H26N2O2S/c15-10-13-11-17-6-4-16(13)12-1-5-18-14(9-12)2-7-19-8-3-14/h12-13H,1-11,15H2. The fourth-order valence-corrected chi connectivity index (χ4v) is 4.97. The Morgan fingerprint density at radius 1 is 1.26 bits per heavy atom. The Bertz CT molecular complexity index is 292. The third-order valence-corrected chi connectivity index (χ3v) is 5.87. The van der Waals surface area contributed by atoms with Gasteiger partial charge in [-0.3, -0.25) is 4.90 Å². The minimum absolute atomic E-state index is 0.172. The summed E-state index contributed by atoms with van der Waals surface area (Å²) in [4.78, 5) is 2.61. The lowest BCUT2D eigenvalue weighted by Gasteiger charge is -2.49. The highest BCUT2D eigenvalue weighted by atomic mass is 32.2. The van der Waals surface area contributed by atoms with E-state index in [-0.39, 0.29) is 5.60 Å². The SMILES string of the molecule is NCC1COCCN1C1CCOC2(CCSCC2)C1. The van der Waals surface area contributed by atoms with E-state index in [4.69, 9.17) is 15.2 Å². The molecule has 110 valence electrons. The molecule has 5 heteroatoms. The van der Waals surface area contributed by atoms with Crippen LogP contribution >= 0.6 is 11.8 Å². The average molecular weight is 286 g/mol. The molecule has 19 heavy (non-hydrogen) atoms. The van der Waals surface area contributed by atoms with E-state index in [1.54, 1.807) is 0 Å². The lowest BCUT2D eigenvalue weighted by Crippen LogP contribution is -2.58. The molecule has 0 bridgehead atoms. The minimum atomic E-state index is 0.172. The van der Waals surface area contributed by atoms with Crippen molar-refractivity contribution < 1.29 is 9.47 Å². The highest BCUT2D eigenvalue weighted by Gasteiger charge is 2.42. The third kappa shape index (κ3) is 3.10. The fourth-order valence-electron chi connectivity index (χ4n) is 3.73. The Morgan fingerprint density at radius 2 is 2.11 bits per heavy atom. The van der Waals surface area contributed by atoms with E-state index in [1.807, 2.05) is 0 Å². The number of nitrogens with zero attached hydrogens (tertiary/aromatic N) is 1. The molecule has 2 unspecified atom stereocenters. The van der Waals surface area contributed by atoms with Crippen LogP contribution in [0.2, 0.25) is 0 Å². The molecule has 3 fully saturated rings. The molecule has 0 saturated carbocycles. The highest BCUT2D eigenvalue weighted by molar-refractivity contribution is 7.99. The van der Waals surface area contributed by atoms with Gasteiger partial charge in [-0.25, -0.2) is 0 Å². The maximum Gasteiger partial charge on any atom is 0.0713 e. The van der Waals surface area contributed by atoms with Gasteiger partial charge >= 0.3 is 0 Å². The topological polar surface area (TPSA) is 47.7 Å². The molecule has 2 atom stereocenters. The molecule has 3 heterocycles. The Hall–Kier alpha value is 0.190. The summed E-state index contributed by atoms with van der Waals surface area (Å²) in [5.41, 5.74) is 6.09. The molecule has 0 amide bonds. The number of hydrogen-bond donors (Lipinski definition) is 1. The molecule has 0 radical (unpaired) electrons. The van der Waals surface area contributed by atoms with E-state index in [1.165, 1.54) is 30.8 Å². The fraction of sp³-hybridized carbons (Fsp3) is 1.00. The van der Waals surface area contributed by atoms with Gasteiger partial charge in [-0.15, -0.1) is 0 Å². The molecular weight excluding hydrogens is 260 g/mol. The van der Waals surface area contributed by atoms with E-state index in [0.29, 0.717) is 18.6 Å². The molecule has 1 spiro atoms. The average Bonchev–Trinajstić information content (AvgIpc) is 2.48. The number of nitrogens with two attached hydrogens (primary N) is 1. The Labute approximate surface area is 120 Å². The van der Waals surface area contributed by atoms with Gasteiger partial charge in [-0.2, -0.15) is 11.8 Å². The van der Waals surface area contributed by atoms with Crippen LogP contribution in [0.15, 0.2) is 0 Å². The molecule has 3 aliphatic rings. The van der Waals surface area contributed by atoms with Crippen molar-refractivity contribution in [2.75, 3.05) is 44.4 Å². The van der Waals surface area contributed by atoms with Crippen LogP contribution in [0.4, 0.5) is 0 Å². The number of thioether (sulfide) groups is 1. The lowest BCUT2D eigenvalue weighted by molar-refractivity contribution is -0.128. The first kappa shape index (κ1) is 14.1. The molecule has 3 rings (SSSR count). The largest absolute Gasteiger partial charge is 0.378 e. The van der Waals surface area contributed by atoms with E-state index < -0.39 is 0 Å². The molecule has 0 aromatic carbocycles. The predicted octanol–water partition coefficient (Wildman–Crippen LogP) is 1.09. The van der Waals surface area contributed by atoms with Gasteiger partial charge in [-0.1, -0.05) is 0 Å². The first-order valence-electron chi connectivity index (χ1n) is 7.58. The van der Waals surface area contributed by atoms with Crippen LogP contribution in [0.3, 0.4) is 0 Å². The zero-order valence-electron chi connectivity index (χ0n) is 11.7. The van der Waals surface area contributed by atoms with Gasteiger partial charge in [0.05, 0.1) is 18.8 Å². The van der Waals surface area contributed by atoms with E-state index in [0.717, 1.165) is 32.8 Å². The molecule has 4 nitrogen and oxygen atoms in total. The van der Waals surface area contributed by atoms with Crippen LogP contribution in [-0.4, -0.2) is 67.0 Å². The number of hydrogen-bond acceptors (Lipinski definition) is 5. The van der Waals surface area contributed by atoms with E-state index in [9.17, 15) is 0 Å². The predicted molar refractivity (Wildman–Crippen MR) is 78.6 cm³/mol. The van der Waals surface area contributed by atoms with Crippen molar-refractivity contribution in [2.24, 2.45) is 5.73 Å². The minimum Gasteiger partial charge on any atom is -0.378 e. The Morgan fingerprint density at radius 3 is 2.89 bits per heavy atom. The summed E-state index contributed by atoms with van der Waals surface area (Å²) in [5, 5.41) is 0. The first-order valence-corrected chi connectivity index (χ1v) is 8.74. The van der Waals surface area contributed by atoms with E-state index >= 15 is 0 Å². The van der Waals surface area contributed by atoms with Gasteiger partial charge in [0.25, 0.3) is 0 Å². The van der Waals surface area contributed by atoms with Crippen LogP contribution in [0.1, 0.15) is 25.7 Å². The summed E-state index contributed by atoms with van der Waals surface area (Å²) in [6.07, 6.45) is 4.81. The van der Waals surface area contributed by atoms with Crippen LogP contribution in [0.5, 0.6) is 0 Å². The molecule has 2 N–H and O–H groups in total. The van der Waals surface area contributed by atoms with Gasteiger partial charge in [-0.05, 0) is 37.2 Å². The summed E-state index contributed by atoms with van der Waals surface area (Å²) in [6.45, 7) is 4.33. The first-order chi connectivity index (χ1) is 9.33. The quantitative estimate of drug-likeness (QED) is 0.823. The molecule has 0 aromatic rings. The highest BCUT2D eigenvalue weighted by Crippen LogP contribution is 2.39. The van der Waals surface area contributed by atoms with Crippen molar-refractivity contribution in [3.63, 3.8) is 0 Å². The summed E-state index contributed by atoms with van der Waals surface area (Å²) in [6, 6.07) is 1.06. The van der Waals surface area contributed by atoms with E-state index in [2.05, 4.69) is 16.7 Å². The summed E-state index contributed by atoms with van der Waals surface area (Å²) in [5.74, 6) is 2.52. The molecular formula is C14H26N2O2S. The van der Waals surface area contributed by atoms with Gasteiger partial charge in [0, 0.05) is 31.8 Å². The van der Waals surface area contributed by atoms with Crippen molar-refractivity contribution in [1.29, 1.82) is 0 Å². The maximum atomic E-state index is 6.19. The molecule has 3 aliphatic heterocycles. The summed E-state index contributed by atoms with van der Waals surface area (Å²) < 4.78 is 11.8.